The van der Waals surface area contributed by atoms with E-state index >= 15 is 0 Å². The summed E-state index contributed by atoms with van der Waals surface area (Å²) in [4.78, 5) is 0. The van der Waals surface area contributed by atoms with Crippen LogP contribution in [-0.4, -0.2) is 31.7 Å². The van der Waals surface area contributed by atoms with Gasteiger partial charge in [0.1, 0.15) is 0 Å². The predicted molar refractivity (Wildman–Crippen MR) is 77.4 cm³/mol. The Labute approximate surface area is 145 Å². The van der Waals surface area contributed by atoms with E-state index in [4.69, 9.17) is 0 Å². The smallest absolute Gasteiger partial charge is 0.278 e. The third-order valence-corrected chi connectivity index (χ3v) is 4.91. The Morgan fingerprint density at radius 2 is 1.22 bits per heavy atom. The Balaban J connectivity index is 2.54. The van der Waals surface area contributed by atoms with Crippen molar-refractivity contribution in [3.8, 4) is 0 Å². The van der Waals surface area contributed by atoms with Gasteiger partial charge in [-0.2, -0.15) is 47.9 Å². The number of fused-ring (bicyclic) bond motifs is 1. The summed E-state index contributed by atoms with van der Waals surface area (Å²) >= 11 is 0. The Morgan fingerprint density at radius 3 is 1.78 bits per heavy atom. The number of alkyl halides is 9. The summed E-state index contributed by atoms with van der Waals surface area (Å²) in [6.45, 7) is 0. The van der Waals surface area contributed by atoms with E-state index in [1.807, 2.05) is 0 Å². The minimum Gasteiger partial charge on any atom is -0.278 e. The van der Waals surface area contributed by atoms with Crippen molar-refractivity contribution in [2.24, 2.45) is 0 Å². The minimum atomic E-state index is -7.31. The average Bonchev–Trinajstić information content (AvgIpc) is 2.53. The van der Waals surface area contributed by atoms with Gasteiger partial charge in [0.15, 0.2) is 0 Å². The molecule has 2 rings (SSSR count). The predicted octanol–water partition coefficient (Wildman–Crippen LogP) is 5.01. The lowest BCUT2D eigenvalue weighted by Gasteiger charge is -2.33. The molecule has 0 bridgehead atoms. The zero-order valence-corrected chi connectivity index (χ0v) is 13.5. The van der Waals surface area contributed by atoms with Crippen molar-refractivity contribution in [3.05, 3.63) is 42.5 Å². The van der Waals surface area contributed by atoms with E-state index in [9.17, 15) is 47.9 Å². The Morgan fingerprint density at radius 1 is 0.704 bits per heavy atom. The summed E-state index contributed by atoms with van der Waals surface area (Å²) in [6.07, 6.45) is -7.12. The van der Waals surface area contributed by atoms with Crippen LogP contribution in [0.5, 0.6) is 0 Å². The van der Waals surface area contributed by atoms with Crippen LogP contribution >= 0.6 is 0 Å². The maximum Gasteiger partial charge on any atom is 0.460 e. The van der Waals surface area contributed by atoms with E-state index < -0.39 is 39.0 Å². The summed E-state index contributed by atoms with van der Waals surface area (Å²) in [7, 11) is -6.72. The van der Waals surface area contributed by atoms with Crippen LogP contribution in [0.3, 0.4) is 0 Å². The molecule has 3 nitrogen and oxygen atoms in total. The molecule has 0 amide bonds. The van der Waals surface area contributed by atoms with Gasteiger partial charge in [-0.3, -0.25) is 4.72 Å². The molecule has 0 atom stereocenters. The normalized spacial score (nSPS) is 14.4. The molecule has 1 N–H and O–H groups in total. The number of halogens is 9. The molecule has 27 heavy (non-hydrogen) atoms. The van der Waals surface area contributed by atoms with Crippen molar-refractivity contribution >= 4 is 26.5 Å². The molecule has 13 heteroatoms. The SMILES string of the molecule is O=S(=O)(Nc1cccc2ccccc12)C(F)(F)C(F)(F)C(F)(F)C(F)(F)F. The highest BCUT2D eigenvalue weighted by molar-refractivity contribution is 7.93. The van der Waals surface area contributed by atoms with E-state index in [1.54, 1.807) is 0 Å². The third-order valence-electron chi connectivity index (χ3n) is 3.49. The maximum atomic E-state index is 13.7. The van der Waals surface area contributed by atoms with Crippen molar-refractivity contribution in [2.75, 3.05) is 4.72 Å². The minimum absolute atomic E-state index is 0.0785. The van der Waals surface area contributed by atoms with Gasteiger partial charge >= 0.3 is 33.3 Å². The van der Waals surface area contributed by atoms with Crippen LogP contribution in [0.4, 0.5) is 45.2 Å². The number of hydrogen-bond acceptors (Lipinski definition) is 2. The van der Waals surface area contributed by atoms with E-state index in [0.717, 1.165) is 16.9 Å². The van der Waals surface area contributed by atoms with Crippen LogP contribution < -0.4 is 4.72 Å². The highest BCUT2D eigenvalue weighted by Crippen LogP contribution is 2.54. The lowest BCUT2D eigenvalue weighted by atomic mass is 10.1. The van der Waals surface area contributed by atoms with E-state index in [2.05, 4.69) is 0 Å². The number of rotatable bonds is 5. The van der Waals surface area contributed by atoms with Gasteiger partial charge in [0.2, 0.25) is 0 Å². The van der Waals surface area contributed by atoms with Crippen LogP contribution in [0.2, 0.25) is 0 Å². The van der Waals surface area contributed by atoms with E-state index in [1.165, 1.54) is 30.3 Å². The van der Waals surface area contributed by atoms with Gasteiger partial charge in [0.25, 0.3) is 0 Å². The number of nitrogens with one attached hydrogen (secondary N) is 1. The standard InChI is InChI=1S/C14H8F9NO2S/c15-11(16,13(19,20)21)12(17,18)14(22,23)27(25,26)24-10-7-3-5-8-4-1-2-6-9(8)10/h1-7,24H. The monoisotopic (exact) mass is 425 g/mol. The highest BCUT2D eigenvalue weighted by atomic mass is 32.2. The van der Waals surface area contributed by atoms with Crippen LogP contribution in [-0.2, 0) is 10.0 Å². The van der Waals surface area contributed by atoms with Crippen molar-refractivity contribution in [2.45, 2.75) is 23.3 Å². The zero-order chi connectivity index (χ0) is 20.9. The third kappa shape index (κ3) is 3.17. The average molecular weight is 425 g/mol. The first-order valence-corrected chi connectivity index (χ1v) is 8.25. The zero-order valence-electron chi connectivity index (χ0n) is 12.7. The first-order chi connectivity index (χ1) is 12.1. The lowest BCUT2D eigenvalue weighted by Crippen LogP contribution is -2.64. The van der Waals surface area contributed by atoms with E-state index in [-0.39, 0.29) is 10.8 Å². The Kier molecular flexibility index (Phi) is 4.83. The van der Waals surface area contributed by atoms with Crippen molar-refractivity contribution in [1.29, 1.82) is 0 Å². The van der Waals surface area contributed by atoms with Crippen LogP contribution in [0, 0.1) is 0 Å². The molecule has 0 saturated heterocycles. The van der Waals surface area contributed by atoms with Gasteiger partial charge in [0.05, 0.1) is 5.69 Å². The first kappa shape index (κ1) is 21.1. The fraction of sp³-hybridized carbons (Fsp3) is 0.286. The molecular weight excluding hydrogens is 417 g/mol. The van der Waals surface area contributed by atoms with Gasteiger partial charge in [0, 0.05) is 5.39 Å². The molecule has 2 aromatic rings. The molecule has 0 aliphatic rings. The maximum absolute atomic E-state index is 13.7. The van der Waals surface area contributed by atoms with Gasteiger partial charge < -0.3 is 0 Å². The molecule has 150 valence electrons. The van der Waals surface area contributed by atoms with Crippen LogP contribution in [0.1, 0.15) is 0 Å². The van der Waals surface area contributed by atoms with Gasteiger partial charge in [-0.1, -0.05) is 36.4 Å². The number of anilines is 1. The van der Waals surface area contributed by atoms with Crippen LogP contribution in [0.25, 0.3) is 10.8 Å². The summed E-state index contributed by atoms with van der Waals surface area (Å²) in [6, 6.07) is 8.72. The molecule has 0 radical (unpaired) electrons. The molecule has 0 unspecified atom stereocenters. The largest absolute Gasteiger partial charge is 0.460 e. The van der Waals surface area contributed by atoms with E-state index in [0.29, 0.717) is 0 Å². The quantitative estimate of drug-likeness (QED) is 0.685. The van der Waals surface area contributed by atoms with Gasteiger partial charge in [-0.25, -0.2) is 0 Å². The topological polar surface area (TPSA) is 46.2 Å². The number of sulfonamides is 1. The van der Waals surface area contributed by atoms with Gasteiger partial charge in [-0.15, -0.1) is 0 Å². The second-order valence-corrected chi connectivity index (χ2v) is 7.02. The molecule has 0 heterocycles. The molecule has 0 aliphatic heterocycles. The summed E-state index contributed by atoms with van der Waals surface area (Å²) in [5.41, 5.74) is -0.709. The Bertz CT molecular complexity index is 949. The van der Waals surface area contributed by atoms with Crippen LogP contribution in [0.15, 0.2) is 42.5 Å². The molecule has 0 fully saturated rings. The van der Waals surface area contributed by atoms with Crippen molar-refractivity contribution in [1.82, 2.24) is 0 Å². The van der Waals surface area contributed by atoms with Crippen molar-refractivity contribution in [3.63, 3.8) is 0 Å². The summed E-state index contributed by atoms with van der Waals surface area (Å²) in [5, 5.41) is -6.62. The molecule has 0 saturated carbocycles. The molecule has 0 aromatic heterocycles. The molecule has 2 aromatic carbocycles. The molecule has 0 aliphatic carbocycles. The second kappa shape index (κ2) is 6.17. The number of hydrogen-bond donors (Lipinski definition) is 1. The van der Waals surface area contributed by atoms with Crippen molar-refractivity contribution < 1.29 is 47.9 Å². The fourth-order valence-electron chi connectivity index (χ4n) is 2.05. The molecule has 0 spiro atoms. The molecular formula is C14H8F9NO2S. The second-order valence-electron chi connectivity index (χ2n) is 5.30. The highest BCUT2D eigenvalue weighted by Gasteiger charge is 2.85. The fourth-order valence-corrected chi connectivity index (χ4v) is 3.11. The number of benzene rings is 2. The Hall–Kier alpha value is -2.18. The first-order valence-electron chi connectivity index (χ1n) is 6.76. The lowest BCUT2D eigenvalue weighted by molar-refractivity contribution is -0.382. The summed E-state index contributed by atoms with van der Waals surface area (Å²) < 4.78 is 140. The summed E-state index contributed by atoms with van der Waals surface area (Å²) in [5.74, 6) is -14.6. The van der Waals surface area contributed by atoms with Gasteiger partial charge in [-0.05, 0) is 11.5 Å².